The van der Waals surface area contributed by atoms with E-state index in [2.05, 4.69) is 19.7 Å². The van der Waals surface area contributed by atoms with Gasteiger partial charge in [0.2, 0.25) is 11.6 Å². The number of anilines is 1. The van der Waals surface area contributed by atoms with Gasteiger partial charge in [0.1, 0.15) is 18.1 Å². The number of aromatic carboxylic acids is 1. The summed E-state index contributed by atoms with van der Waals surface area (Å²) in [5, 5.41) is 18.3. The van der Waals surface area contributed by atoms with E-state index >= 15 is 0 Å². The third-order valence-electron chi connectivity index (χ3n) is 4.55. The number of hydrogen-bond donors (Lipinski definition) is 3. The molecule has 0 unspecified atom stereocenters. The first-order valence-electron chi connectivity index (χ1n) is 10.3. The van der Waals surface area contributed by atoms with Crippen molar-refractivity contribution in [3.63, 3.8) is 0 Å². The monoisotopic (exact) mass is 504 g/mol. The number of sulfonamides is 1. The Kier molecular flexibility index (Phi) is 8.04. The topological polar surface area (TPSA) is 170 Å². The minimum absolute atomic E-state index is 0.140. The third kappa shape index (κ3) is 6.33. The van der Waals surface area contributed by atoms with Crippen LogP contribution in [0.15, 0.2) is 47.6 Å². The molecule has 3 rings (SSSR count). The molecule has 0 saturated carbocycles. The van der Waals surface area contributed by atoms with Gasteiger partial charge < -0.3 is 24.4 Å². The van der Waals surface area contributed by atoms with Crippen LogP contribution < -0.4 is 18.9 Å². The smallest absolute Gasteiger partial charge is 0.374 e. The Morgan fingerprint density at radius 3 is 2.49 bits per heavy atom. The molecular weight excluding hydrogens is 480 g/mol. The SMILES string of the molecule is COc1cccc(Oc2c(NS(=O)(=O)c3ccc(C(C)C)cn3)nc(C(=O)O)nc2OCCO)c1. The lowest BCUT2D eigenvalue weighted by Crippen LogP contribution is -2.19. The first kappa shape index (κ1) is 25.6. The van der Waals surface area contributed by atoms with E-state index in [4.69, 9.17) is 19.3 Å². The van der Waals surface area contributed by atoms with Crippen LogP contribution in [-0.4, -0.2) is 59.9 Å². The third-order valence-corrected chi connectivity index (χ3v) is 5.80. The first-order chi connectivity index (χ1) is 16.6. The Morgan fingerprint density at radius 1 is 1.14 bits per heavy atom. The first-order valence-corrected chi connectivity index (χ1v) is 11.8. The quantitative estimate of drug-likeness (QED) is 0.351. The van der Waals surface area contributed by atoms with Crippen LogP contribution in [0, 0.1) is 0 Å². The van der Waals surface area contributed by atoms with E-state index in [9.17, 15) is 18.3 Å². The number of carboxylic acid groups (broad SMARTS) is 1. The van der Waals surface area contributed by atoms with Gasteiger partial charge in [0.25, 0.3) is 15.9 Å². The van der Waals surface area contributed by atoms with Crippen LogP contribution in [0.1, 0.15) is 35.9 Å². The Balaban J connectivity index is 2.10. The number of pyridine rings is 1. The predicted molar refractivity (Wildman–Crippen MR) is 124 cm³/mol. The van der Waals surface area contributed by atoms with E-state index in [0.29, 0.717) is 5.75 Å². The summed E-state index contributed by atoms with van der Waals surface area (Å²) in [6.45, 7) is 3.19. The average Bonchev–Trinajstić information content (AvgIpc) is 2.83. The largest absolute Gasteiger partial charge is 0.497 e. The van der Waals surface area contributed by atoms with E-state index in [1.165, 1.54) is 25.4 Å². The molecule has 13 heteroatoms. The summed E-state index contributed by atoms with van der Waals surface area (Å²) in [7, 11) is -2.86. The standard InChI is InChI=1S/C22H24N4O8S/c1-13(2)14-7-8-17(23-12-14)35(30,31)26-19-18(34-16-6-4-5-15(11-16)32-3)21(33-10-9-27)25-20(24-19)22(28)29/h4-8,11-13,27H,9-10H2,1-3H3,(H,28,29)(H,24,25,26). The van der Waals surface area contributed by atoms with Crippen molar-refractivity contribution >= 4 is 21.8 Å². The highest BCUT2D eigenvalue weighted by atomic mass is 32.2. The van der Waals surface area contributed by atoms with E-state index in [-0.39, 0.29) is 29.0 Å². The second-order valence-electron chi connectivity index (χ2n) is 7.38. The number of nitrogens with one attached hydrogen (secondary N) is 1. The van der Waals surface area contributed by atoms with Crippen molar-refractivity contribution in [3.8, 4) is 23.1 Å². The molecule has 2 heterocycles. The second-order valence-corrected chi connectivity index (χ2v) is 9.01. The molecule has 0 radical (unpaired) electrons. The molecule has 186 valence electrons. The van der Waals surface area contributed by atoms with E-state index in [0.717, 1.165) is 5.56 Å². The number of carboxylic acids is 1. The lowest BCUT2D eigenvalue weighted by atomic mass is 10.1. The average molecular weight is 505 g/mol. The summed E-state index contributed by atoms with van der Waals surface area (Å²) in [5.41, 5.74) is 0.834. The molecule has 1 aromatic carbocycles. The molecule has 2 aromatic heterocycles. The summed E-state index contributed by atoms with van der Waals surface area (Å²) >= 11 is 0. The van der Waals surface area contributed by atoms with Gasteiger partial charge in [-0.1, -0.05) is 26.0 Å². The van der Waals surface area contributed by atoms with Gasteiger partial charge in [-0.05, 0) is 29.7 Å². The van der Waals surface area contributed by atoms with E-state index < -0.39 is 40.1 Å². The van der Waals surface area contributed by atoms with Crippen molar-refractivity contribution in [1.29, 1.82) is 0 Å². The number of rotatable bonds is 11. The number of methoxy groups -OCH3 is 1. The zero-order valence-electron chi connectivity index (χ0n) is 19.1. The highest BCUT2D eigenvalue weighted by Gasteiger charge is 2.26. The lowest BCUT2D eigenvalue weighted by Gasteiger charge is -2.16. The molecular formula is C22H24N4O8S. The van der Waals surface area contributed by atoms with Crippen LogP contribution in [0.5, 0.6) is 23.1 Å². The fraction of sp³-hybridized carbons (Fsp3) is 0.273. The number of aliphatic hydroxyl groups is 1. The molecule has 0 fully saturated rings. The Bertz CT molecular complexity index is 1300. The van der Waals surface area contributed by atoms with Crippen molar-refractivity contribution < 1.29 is 37.6 Å². The summed E-state index contributed by atoms with van der Waals surface area (Å²) in [6, 6.07) is 9.29. The molecule has 0 bridgehead atoms. The molecule has 35 heavy (non-hydrogen) atoms. The number of aliphatic hydroxyl groups excluding tert-OH is 1. The van der Waals surface area contributed by atoms with Crippen LogP contribution in [0.4, 0.5) is 5.82 Å². The minimum Gasteiger partial charge on any atom is -0.497 e. The van der Waals surface area contributed by atoms with Crippen molar-refractivity contribution in [2.24, 2.45) is 0 Å². The van der Waals surface area contributed by atoms with Gasteiger partial charge in [0.05, 0.1) is 13.7 Å². The molecule has 12 nitrogen and oxygen atoms in total. The number of hydrogen-bond acceptors (Lipinski definition) is 10. The number of aromatic nitrogens is 3. The van der Waals surface area contributed by atoms with Crippen LogP contribution >= 0.6 is 0 Å². The molecule has 0 atom stereocenters. The molecule has 0 spiro atoms. The number of ether oxygens (including phenoxy) is 3. The Labute approximate surface area is 201 Å². The molecule has 0 aliphatic rings. The highest BCUT2D eigenvalue weighted by Crippen LogP contribution is 2.38. The molecule has 3 aromatic rings. The van der Waals surface area contributed by atoms with Gasteiger partial charge in [-0.3, -0.25) is 4.72 Å². The van der Waals surface area contributed by atoms with Crippen LogP contribution in [-0.2, 0) is 10.0 Å². The zero-order chi connectivity index (χ0) is 25.6. The van der Waals surface area contributed by atoms with Gasteiger partial charge in [-0.15, -0.1) is 0 Å². The molecule has 0 aliphatic carbocycles. The number of carbonyl (C=O) groups is 1. The fourth-order valence-corrected chi connectivity index (χ4v) is 3.72. The zero-order valence-corrected chi connectivity index (χ0v) is 19.9. The fourth-order valence-electron chi connectivity index (χ4n) is 2.78. The van der Waals surface area contributed by atoms with Crippen molar-refractivity contribution in [3.05, 3.63) is 54.0 Å². The molecule has 0 aliphatic heterocycles. The number of nitrogens with zero attached hydrogens (tertiary/aromatic N) is 3. The second kappa shape index (κ2) is 11.0. The molecule has 0 saturated heterocycles. The van der Waals surface area contributed by atoms with Gasteiger partial charge in [0, 0.05) is 12.3 Å². The number of benzene rings is 1. The van der Waals surface area contributed by atoms with Crippen LogP contribution in [0.3, 0.4) is 0 Å². The summed E-state index contributed by atoms with van der Waals surface area (Å²) in [4.78, 5) is 23.2. The molecule has 0 amide bonds. The van der Waals surface area contributed by atoms with E-state index in [1.807, 2.05) is 13.8 Å². The van der Waals surface area contributed by atoms with Crippen LogP contribution in [0.25, 0.3) is 0 Å². The Hall–Kier alpha value is -3.97. The predicted octanol–water partition coefficient (Wildman–Crippen LogP) is 2.67. The minimum atomic E-state index is -4.32. The van der Waals surface area contributed by atoms with Crippen molar-refractivity contribution in [2.45, 2.75) is 24.8 Å². The molecule has 3 N–H and O–H groups in total. The Morgan fingerprint density at radius 2 is 1.89 bits per heavy atom. The van der Waals surface area contributed by atoms with E-state index in [1.54, 1.807) is 24.3 Å². The maximum absolute atomic E-state index is 13.1. The maximum atomic E-state index is 13.1. The normalized spacial score (nSPS) is 11.2. The summed E-state index contributed by atoms with van der Waals surface area (Å²) in [5.74, 6) is -2.72. The summed E-state index contributed by atoms with van der Waals surface area (Å²) in [6.07, 6.45) is 1.44. The maximum Gasteiger partial charge on any atom is 0.374 e. The summed E-state index contributed by atoms with van der Waals surface area (Å²) < 4.78 is 44.6. The lowest BCUT2D eigenvalue weighted by molar-refractivity contribution is 0.0681. The van der Waals surface area contributed by atoms with Crippen molar-refractivity contribution in [1.82, 2.24) is 15.0 Å². The van der Waals surface area contributed by atoms with Gasteiger partial charge in [0.15, 0.2) is 10.8 Å². The van der Waals surface area contributed by atoms with Crippen LogP contribution in [0.2, 0.25) is 0 Å². The van der Waals surface area contributed by atoms with Gasteiger partial charge in [-0.25, -0.2) is 9.78 Å². The van der Waals surface area contributed by atoms with Gasteiger partial charge in [-0.2, -0.15) is 18.4 Å². The van der Waals surface area contributed by atoms with Crippen molar-refractivity contribution in [2.75, 3.05) is 25.0 Å². The highest BCUT2D eigenvalue weighted by molar-refractivity contribution is 7.92. The van der Waals surface area contributed by atoms with Gasteiger partial charge >= 0.3 is 5.97 Å².